The summed E-state index contributed by atoms with van der Waals surface area (Å²) in [5.74, 6) is 0.488. The van der Waals surface area contributed by atoms with Gasteiger partial charge in [0.1, 0.15) is 0 Å². The number of hydrogen-bond donors (Lipinski definition) is 2. The van der Waals surface area contributed by atoms with Gasteiger partial charge in [-0.15, -0.1) is 0 Å². The lowest BCUT2D eigenvalue weighted by Crippen LogP contribution is -2.40. The maximum atomic E-state index is 11.6. The van der Waals surface area contributed by atoms with E-state index in [2.05, 4.69) is 24.5 Å². The molecule has 0 aliphatic carbocycles. The summed E-state index contributed by atoms with van der Waals surface area (Å²) < 4.78 is 5.27. The summed E-state index contributed by atoms with van der Waals surface area (Å²) in [6.45, 7) is 7.35. The first-order valence-electron chi connectivity index (χ1n) is 5.48. The SMILES string of the molecule is CNCC(C)C(=O)NCC(OC)C(C)C. The summed E-state index contributed by atoms with van der Waals surface area (Å²) in [6.07, 6.45) is 0.0933. The van der Waals surface area contributed by atoms with Crippen LogP contribution in [-0.4, -0.2) is 39.3 Å². The zero-order chi connectivity index (χ0) is 11.8. The van der Waals surface area contributed by atoms with Crippen LogP contribution in [0.2, 0.25) is 0 Å². The molecule has 15 heavy (non-hydrogen) atoms. The summed E-state index contributed by atoms with van der Waals surface area (Å²) in [7, 11) is 3.52. The fourth-order valence-corrected chi connectivity index (χ4v) is 1.37. The van der Waals surface area contributed by atoms with Gasteiger partial charge < -0.3 is 15.4 Å². The van der Waals surface area contributed by atoms with Crippen LogP contribution in [-0.2, 0) is 9.53 Å². The summed E-state index contributed by atoms with van der Waals surface area (Å²) in [5, 5.41) is 5.88. The molecule has 4 heteroatoms. The van der Waals surface area contributed by atoms with E-state index in [4.69, 9.17) is 4.74 Å². The van der Waals surface area contributed by atoms with Crippen molar-refractivity contribution in [3.8, 4) is 0 Å². The Balaban J connectivity index is 3.87. The van der Waals surface area contributed by atoms with Crippen molar-refractivity contribution in [2.75, 3.05) is 27.2 Å². The van der Waals surface area contributed by atoms with E-state index in [9.17, 15) is 4.79 Å². The summed E-state index contributed by atoms with van der Waals surface area (Å²) in [5.41, 5.74) is 0. The molecule has 0 spiro atoms. The van der Waals surface area contributed by atoms with Crippen molar-refractivity contribution < 1.29 is 9.53 Å². The van der Waals surface area contributed by atoms with E-state index in [1.807, 2.05) is 14.0 Å². The smallest absolute Gasteiger partial charge is 0.224 e. The number of rotatable bonds is 7. The summed E-state index contributed by atoms with van der Waals surface area (Å²) >= 11 is 0. The molecule has 90 valence electrons. The van der Waals surface area contributed by atoms with E-state index in [0.717, 1.165) is 0 Å². The number of amides is 1. The molecule has 0 aliphatic heterocycles. The molecule has 0 bridgehead atoms. The first-order valence-corrected chi connectivity index (χ1v) is 5.48. The van der Waals surface area contributed by atoms with Crippen molar-refractivity contribution in [1.29, 1.82) is 0 Å². The molecule has 2 unspecified atom stereocenters. The third kappa shape index (κ3) is 5.74. The average molecular weight is 216 g/mol. The number of nitrogens with one attached hydrogen (secondary N) is 2. The Hall–Kier alpha value is -0.610. The Morgan fingerprint density at radius 3 is 2.27 bits per heavy atom. The quantitative estimate of drug-likeness (QED) is 0.656. The Morgan fingerprint density at radius 2 is 1.87 bits per heavy atom. The zero-order valence-electron chi connectivity index (χ0n) is 10.5. The minimum Gasteiger partial charge on any atom is -0.379 e. The van der Waals surface area contributed by atoms with E-state index in [-0.39, 0.29) is 17.9 Å². The van der Waals surface area contributed by atoms with Gasteiger partial charge in [-0.25, -0.2) is 0 Å². The lowest BCUT2D eigenvalue weighted by atomic mass is 10.1. The van der Waals surface area contributed by atoms with Crippen molar-refractivity contribution in [2.45, 2.75) is 26.9 Å². The molecule has 4 nitrogen and oxygen atoms in total. The van der Waals surface area contributed by atoms with Gasteiger partial charge in [0, 0.05) is 26.1 Å². The van der Waals surface area contributed by atoms with Crippen LogP contribution in [0.4, 0.5) is 0 Å². The largest absolute Gasteiger partial charge is 0.379 e. The van der Waals surface area contributed by atoms with Crippen LogP contribution in [0.5, 0.6) is 0 Å². The molecular weight excluding hydrogens is 192 g/mol. The molecule has 0 aromatic heterocycles. The number of hydrogen-bond acceptors (Lipinski definition) is 3. The first kappa shape index (κ1) is 14.4. The molecule has 2 atom stereocenters. The molecule has 0 aliphatic rings. The molecule has 0 aromatic rings. The van der Waals surface area contributed by atoms with Gasteiger partial charge in [-0.05, 0) is 13.0 Å². The summed E-state index contributed by atoms with van der Waals surface area (Å²) in [6, 6.07) is 0. The number of carbonyl (C=O) groups excluding carboxylic acids is 1. The number of ether oxygens (including phenoxy) is 1. The zero-order valence-corrected chi connectivity index (χ0v) is 10.5. The molecule has 0 heterocycles. The predicted molar refractivity (Wildman–Crippen MR) is 61.7 cm³/mol. The van der Waals surface area contributed by atoms with Crippen LogP contribution >= 0.6 is 0 Å². The van der Waals surface area contributed by atoms with Gasteiger partial charge in [-0.2, -0.15) is 0 Å². The molecule has 0 saturated heterocycles. The van der Waals surface area contributed by atoms with Crippen molar-refractivity contribution in [3.63, 3.8) is 0 Å². The Bertz CT molecular complexity index is 183. The van der Waals surface area contributed by atoms with Crippen LogP contribution in [0.1, 0.15) is 20.8 Å². The highest BCUT2D eigenvalue weighted by molar-refractivity contribution is 5.78. The average Bonchev–Trinajstić information content (AvgIpc) is 2.18. The van der Waals surface area contributed by atoms with Crippen LogP contribution in [0, 0.1) is 11.8 Å². The number of carbonyl (C=O) groups is 1. The minimum absolute atomic E-state index is 0.000307. The lowest BCUT2D eigenvalue weighted by Gasteiger charge is -2.20. The van der Waals surface area contributed by atoms with Gasteiger partial charge >= 0.3 is 0 Å². The van der Waals surface area contributed by atoms with Crippen LogP contribution < -0.4 is 10.6 Å². The molecule has 0 saturated carbocycles. The minimum atomic E-state index is -0.000307. The van der Waals surface area contributed by atoms with Gasteiger partial charge in [0.2, 0.25) is 5.91 Å². The standard InChI is InChI=1S/C11H24N2O2/c1-8(2)10(15-5)7-13-11(14)9(3)6-12-4/h8-10,12H,6-7H2,1-5H3,(H,13,14). The van der Waals surface area contributed by atoms with Crippen molar-refractivity contribution in [2.24, 2.45) is 11.8 Å². The fraction of sp³-hybridized carbons (Fsp3) is 0.909. The molecule has 0 radical (unpaired) electrons. The third-order valence-electron chi connectivity index (χ3n) is 2.48. The van der Waals surface area contributed by atoms with Gasteiger partial charge in [-0.3, -0.25) is 4.79 Å². The molecule has 0 fully saturated rings. The van der Waals surface area contributed by atoms with Gasteiger partial charge in [0.25, 0.3) is 0 Å². The van der Waals surface area contributed by atoms with E-state index in [1.165, 1.54) is 0 Å². The second kappa shape index (κ2) is 7.65. The second-order valence-electron chi connectivity index (χ2n) is 4.22. The van der Waals surface area contributed by atoms with Crippen LogP contribution in [0.3, 0.4) is 0 Å². The first-order chi connectivity index (χ1) is 7.02. The molecule has 1 amide bonds. The van der Waals surface area contributed by atoms with E-state index < -0.39 is 0 Å². The van der Waals surface area contributed by atoms with Crippen molar-refractivity contribution in [1.82, 2.24) is 10.6 Å². The maximum absolute atomic E-state index is 11.6. The van der Waals surface area contributed by atoms with Crippen molar-refractivity contribution >= 4 is 5.91 Å². The van der Waals surface area contributed by atoms with Gasteiger partial charge in [0.15, 0.2) is 0 Å². The molecular formula is C11H24N2O2. The second-order valence-corrected chi connectivity index (χ2v) is 4.22. The Kier molecular flexibility index (Phi) is 7.34. The van der Waals surface area contributed by atoms with Gasteiger partial charge in [0.05, 0.1) is 6.10 Å². The van der Waals surface area contributed by atoms with Crippen LogP contribution in [0.15, 0.2) is 0 Å². The van der Waals surface area contributed by atoms with Gasteiger partial charge in [-0.1, -0.05) is 20.8 Å². The predicted octanol–water partition coefficient (Wildman–Crippen LogP) is 0.629. The van der Waals surface area contributed by atoms with Crippen molar-refractivity contribution in [3.05, 3.63) is 0 Å². The normalized spacial score (nSPS) is 15.1. The lowest BCUT2D eigenvalue weighted by molar-refractivity contribution is -0.125. The topological polar surface area (TPSA) is 50.4 Å². The van der Waals surface area contributed by atoms with Crippen LogP contribution in [0.25, 0.3) is 0 Å². The van der Waals surface area contributed by atoms with E-state index >= 15 is 0 Å². The molecule has 0 aromatic carbocycles. The Labute approximate surface area is 92.8 Å². The molecule has 0 rings (SSSR count). The Morgan fingerprint density at radius 1 is 1.27 bits per heavy atom. The molecule has 2 N–H and O–H groups in total. The highest BCUT2D eigenvalue weighted by atomic mass is 16.5. The van der Waals surface area contributed by atoms with E-state index in [1.54, 1.807) is 7.11 Å². The van der Waals surface area contributed by atoms with E-state index in [0.29, 0.717) is 19.0 Å². The fourth-order valence-electron chi connectivity index (χ4n) is 1.37. The monoisotopic (exact) mass is 216 g/mol. The highest BCUT2D eigenvalue weighted by Gasteiger charge is 2.16. The maximum Gasteiger partial charge on any atom is 0.224 e. The number of methoxy groups -OCH3 is 1. The highest BCUT2D eigenvalue weighted by Crippen LogP contribution is 2.04. The summed E-state index contributed by atoms with van der Waals surface area (Å²) in [4.78, 5) is 11.6. The third-order valence-corrected chi connectivity index (χ3v) is 2.48.